The molecule has 0 bridgehead atoms. The average molecular weight is 207 g/mol. The molecule has 1 fully saturated rings. The second-order valence-corrected chi connectivity index (χ2v) is 4.05. The topological polar surface area (TPSA) is 32.3 Å². The average Bonchev–Trinajstić information content (AvgIpc) is 2.17. The molecule has 2 atom stereocenters. The monoisotopic (exact) mass is 207 g/mol. The lowest BCUT2D eigenvalue weighted by molar-refractivity contribution is -0.0126. The number of aliphatic hydroxyl groups is 1. The fraction of sp³-hybridized carbons (Fsp3) is 1.00. The van der Waals surface area contributed by atoms with E-state index in [2.05, 4.69) is 5.32 Å². The van der Waals surface area contributed by atoms with E-state index >= 15 is 0 Å². The number of nitrogens with one attached hydrogen (secondary N) is 1. The Hall–Kier alpha value is -0.220. The Bertz CT molecular complexity index is 176. The number of halogens is 2. The van der Waals surface area contributed by atoms with Crippen molar-refractivity contribution in [2.75, 3.05) is 6.54 Å². The van der Waals surface area contributed by atoms with E-state index in [0.717, 1.165) is 25.7 Å². The molecule has 1 saturated carbocycles. The van der Waals surface area contributed by atoms with Crippen LogP contribution in [-0.2, 0) is 0 Å². The molecule has 0 aromatic rings. The SMILES string of the molecule is CCC(F)(F)CNC1CCCCC1O. The first-order chi connectivity index (χ1) is 6.55. The number of rotatable bonds is 4. The van der Waals surface area contributed by atoms with Crippen molar-refractivity contribution in [3.63, 3.8) is 0 Å². The van der Waals surface area contributed by atoms with Crippen molar-refractivity contribution in [3.8, 4) is 0 Å². The van der Waals surface area contributed by atoms with Gasteiger partial charge in [-0.25, -0.2) is 8.78 Å². The predicted octanol–water partition coefficient (Wildman–Crippen LogP) is 1.92. The third-order valence-corrected chi connectivity index (χ3v) is 2.87. The minimum absolute atomic E-state index is 0.138. The lowest BCUT2D eigenvalue weighted by atomic mass is 9.92. The van der Waals surface area contributed by atoms with Crippen molar-refractivity contribution in [3.05, 3.63) is 0 Å². The molecule has 2 N–H and O–H groups in total. The standard InChI is InChI=1S/C10H19F2NO/c1-2-10(11,12)7-13-8-5-3-4-6-9(8)14/h8-9,13-14H,2-7H2,1H3. The van der Waals surface area contributed by atoms with Crippen molar-refractivity contribution in [2.45, 2.75) is 57.1 Å². The Balaban J connectivity index is 2.29. The van der Waals surface area contributed by atoms with Gasteiger partial charge in [-0.2, -0.15) is 0 Å². The number of alkyl halides is 2. The van der Waals surface area contributed by atoms with Crippen LogP contribution in [0.15, 0.2) is 0 Å². The Morgan fingerprint density at radius 2 is 2.00 bits per heavy atom. The van der Waals surface area contributed by atoms with E-state index in [9.17, 15) is 13.9 Å². The van der Waals surface area contributed by atoms with Crippen LogP contribution in [0.4, 0.5) is 8.78 Å². The zero-order chi connectivity index (χ0) is 10.6. The molecule has 0 aromatic heterocycles. The fourth-order valence-electron chi connectivity index (χ4n) is 1.75. The van der Waals surface area contributed by atoms with Crippen molar-refractivity contribution in [2.24, 2.45) is 0 Å². The molecule has 1 aliphatic carbocycles. The lowest BCUT2D eigenvalue weighted by Crippen LogP contribution is -2.46. The maximum atomic E-state index is 12.9. The predicted molar refractivity (Wildman–Crippen MR) is 51.5 cm³/mol. The van der Waals surface area contributed by atoms with Crippen molar-refractivity contribution >= 4 is 0 Å². The van der Waals surface area contributed by atoms with Crippen LogP contribution in [-0.4, -0.2) is 29.7 Å². The number of aliphatic hydroxyl groups excluding tert-OH is 1. The summed E-state index contributed by atoms with van der Waals surface area (Å²) < 4.78 is 25.8. The van der Waals surface area contributed by atoms with Gasteiger partial charge in [-0.15, -0.1) is 0 Å². The van der Waals surface area contributed by atoms with Crippen LogP contribution in [0.2, 0.25) is 0 Å². The van der Waals surface area contributed by atoms with E-state index in [1.54, 1.807) is 0 Å². The van der Waals surface area contributed by atoms with Crippen LogP contribution >= 0.6 is 0 Å². The first-order valence-corrected chi connectivity index (χ1v) is 5.34. The summed E-state index contributed by atoms with van der Waals surface area (Å²) in [6.45, 7) is 1.16. The first kappa shape index (κ1) is 11.9. The van der Waals surface area contributed by atoms with Crippen molar-refractivity contribution in [1.29, 1.82) is 0 Å². The van der Waals surface area contributed by atoms with E-state index in [1.165, 1.54) is 6.92 Å². The van der Waals surface area contributed by atoms with Gasteiger partial charge in [0.1, 0.15) is 0 Å². The summed E-state index contributed by atoms with van der Waals surface area (Å²) in [6.07, 6.45) is 2.96. The molecular weight excluding hydrogens is 188 g/mol. The number of hydrogen-bond acceptors (Lipinski definition) is 2. The van der Waals surface area contributed by atoms with E-state index in [-0.39, 0.29) is 19.0 Å². The largest absolute Gasteiger partial charge is 0.392 e. The number of hydrogen-bond donors (Lipinski definition) is 2. The quantitative estimate of drug-likeness (QED) is 0.738. The van der Waals surface area contributed by atoms with Gasteiger partial charge in [0.15, 0.2) is 0 Å². The summed E-state index contributed by atoms with van der Waals surface area (Å²) in [4.78, 5) is 0. The molecule has 4 heteroatoms. The molecule has 0 radical (unpaired) electrons. The summed E-state index contributed by atoms with van der Waals surface area (Å²) in [5, 5.41) is 12.3. The molecule has 0 aliphatic heterocycles. The minimum Gasteiger partial charge on any atom is -0.392 e. The van der Waals surface area contributed by atoms with Gasteiger partial charge < -0.3 is 10.4 Å². The van der Waals surface area contributed by atoms with Gasteiger partial charge in [0.25, 0.3) is 5.92 Å². The van der Waals surface area contributed by atoms with Crippen LogP contribution in [0.5, 0.6) is 0 Å². The summed E-state index contributed by atoms with van der Waals surface area (Å²) in [7, 11) is 0. The van der Waals surface area contributed by atoms with Gasteiger partial charge in [0.05, 0.1) is 12.6 Å². The molecule has 0 saturated heterocycles. The van der Waals surface area contributed by atoms with E-state index in [0.29, 0.717) is 0 Å². The molecule has 84 valence electrons. The van der Waals surface area contributed by atoms with Gasteiger partial charge in [-0.3, -0.25) is 0 Å². The van der Waals surface area contributed by atoms with Crippen molar-refractivity contribution in [1.82, 2.24) is 5.32 Å². The second-order valence-electron chi connectivity index (χ2n) is 4.05. The van der Waals surface area contributed by atoms with Crippen LogP contribution in [0.1, 0.15) is 39.0 Å². The van der Waals surface area contributed by atoms with E-state index in [4.69, 9.17) is 0 Å². The minimum atomic E-state index is -2.64. The molecule has 0 aromatic carbocycles. The molecule has 0 spiro atoms. The summed E-state index contributed by atoms with van der Waals surface area (Å²) >= 11 is 0. The third-order valence-electron chi connectivity index (χ3n) is 2.87. The smallest absolute Gasteiger partial charge is 0.260 e. The normalized spacial score (nSPS) is 29.1. The third kappa shape index (κ3) is 3.50. The molecule has 0 heterocycles. The van der Waals surface area contributed by atoms with Crippen LogP contribution in [0.25, 0.3) is 0 Å². The Kier molecular flexibility index (Phi) is 4.26. The molecular formula is C10H19F2NO. The highest BCUT2D eigenvalue weighted by molar-refractivity contribution is 4.82. The van der Waals surface area contributed by atoms with E-state index < -0.39 is 12.0 Å². The summed E-state index contributed by atoms with van der Waals surface area (Å²) in [5.74, 6) is -2.64. The van der Waals surface area contributed by atoms with E-state index in [1.807, 2.05) is 0 Å². The Morgan fingerprint density at radius 1 is 1.36 bits per heavy atom. The maximum Gasteiger partial charge on any atom is 0.260 e. The molecule has 14 heavy (non-hydrogen) atoms. The second kappa shape index (κ2) is 5.03. The Morgan fingerprint density at radius 3 is 2.57 bits per heavy atom. The highest BCUT2D eigenvalue weighted by atomic mass is 19.3. The molecule has 2 nitrogen and oxygen atoms in total. The highest BCUT2D eigenvalue weighted by Gasteiger charge is 2.29. The van der Waals surface area contributed by atoms with Gasteiger partial charge in [-0.05, 0) is 12.8 Å². The van der Waals surface area contributed by atoms with Gasteiger partial charge in [0, 0.05) is 12.5 Å². The zero-order valence-corrected chi connectivity index (χ0v) is 8.60. The summed E-state index contributed by atoms with van der Waals surface area (Å²) in [5.41, 5.74) is 0. The Labute approximate surface area is 83.7 Å². The molecule has 2 unspecified atom stereocenters. The summed E-state index contributed by atoms with van der Waals surface area (Å²) in [6, 6.07) is -0.138. The highest BCUT2D eigenvalue weighted by Crippen LogP contribution is 2.21. The fourth-order valence-corrected chi connectivity index (χ4v) is 1.75. The maximum absolute atomic E-state index is 12.9. The lowest BCUT2D eigenvalue weighted by Gasteiger charge is -2.29. The van der Waals surface area contributed by atoms with Crippen molar-refractivity contribution < 1.29 is 13.9 Å². The van der Waals surface area contributed by atoms with Crippen LogP contribution < -0.4 is 5.32 Å². The van der Waals surface area contributed by atoms with Crippen LogP contribution in [0.3, 0.4) is 0 Å². The molecule has 0 amide bonds. The van der Waals surface area contributed by atoms with Gasteiger partial charge >= 0.3 is 0 Å². The van der Waals surface area contributed by atoms with Gasteiger partial charge in [-0.1, -0.05) is 19.8 Å². The molecule has 1 rings (SSSR count). The van der Waals surface area contributed by atoms with Crippen LogP contribution in [0, 0.1) is 0 Å². The zero-order valence-electron chi connectivity index (χ0n) is 8.60. The first-order valence-electron chi connectivity index (χ1n) is 5.34. The molecule has 1 aliphatic rings. The van der Waals surface area contributed by atoms with Gasteiger partial charge in [0.2, 0.25) is 0 Å².